The lowest BCUT2D eigenvalue weighted by Gasteiger charge is -2.17. The number of hydrogen-bond donors (Lipinski definition) is 3. The van der Waals surface area contributed by atoms with E-state index < -0.39 is 36.0 Å². The van der Waals surface area contributed by atoms with Crippen LogP contribution in [0.2, 0.25) is 0 Å². The van der Waals surface area contributed by atoms with Gasteiger partial charge in [0.25, 0.3) is 0 Å². The van der Waals surface area contributed by atoms with Crippen LogP contribution >= 0.6 is 0 Å². The molecule has 1 fully saturated rings. The summed E-state index contributed by atoms with van der Waals surface area (Å²) in [5, 5.41) is 22.0. The monoisotopic (exact) mass is 285 g/mol. The van der Waals surface area contributed by atoms with Crippen molar-refractivity contribution in [2.45, 2.75) is 31.5 Å². The number of nitrogens with one attached hydrogen (secondary N) is 1. The molecule has 2 rings (SSSR count). The van der Waals surface area contributed by atoms with Gasteiger partial charge >= 0.3 is 5.69 Å². The van der Waals surface area contributed by atoms with Crippen molar-refractivity contribution in [2.24, 2.45) is 0 Å². The van der Waals surface area contributed by atoms with Crippen LogP contribution in [0.1, 0.15) is 13.2 Å². The van der Waals surface area contributed by atoms with Crippen LogP contribution in [0.25, 0.3) is 0 Å². The summed E-state index contributed by atoms with van der Waals surface area (Å²) < 4.78 is 19.9. The fourth-order valence-corrected chi connectivity index (χ4v) is 1.98. The van der Waals surface area contributed by atoms with Gasteiger partial charge in [0.05, 0.1) is 12.3 Å². The largest absolute Gasteiger partial charge is 0.388 e. The molecule has 4 atom stereocenters. The van der Waals surface area contributed by atoms with Crippen molar-refractivity contribution in [1.29, 1.82) is 0 Å². The highest BCUT2D eigenvalue weighted by atomic mass is 19.1. The average molecular weight is 285 g/mol. The zero-order valence-electron chi connectivity index (χ0n) is 10.9. The second-order valence-corrected chi connectivity index (χ2v) is 4.51. The van der Waals surface area contributed by atoms with Crippen LogP contribution in [0.15, 0.2) is 23.6 Å². The van der Waals surface area contributed by atoms with Gasteiger partial charge in [0, 0.05) is 6.54 Å². The molecule has 0 radical (unpaired) electrons. The van der Waals surface area contributed by atoms with E-state index in [1.165, 1.54) is 6.08 Å². The van der Waals surface area contributed by atoms with E-state index in [4.69, 9.17) is 4.74 Å². The van der Waals surface area contributed by atoms with Crippen molar-refractivity contribution in [3.05, 3.63) is 35.2 Å². The smallest absolute Gasteiger partial charge is 0.351 e. The lowest BCUT2D eigenvalue weighted by atomic mass is 10.1. The van der Waals surface area contributed by atoms with Crippen LogP contribution in [-0.4, -0.2) is 44.6 Å². The zero-order chi connectivity index (χ0) is 14.9. The van der Waals surface area contributed by atoms with Crippen molar-refractivity contribution in [3.8, 4) is 0 Å². The van der Waals surface area contributed by atoms with E-state index >= 15 is 0 Å². The van der Waals surface area contributed by atoms with E-state index in [1.807, 2.05) is 0 Å². The molecule has 20 heavy (non-hydrogen) atoms. The van der Waals surface area contributed by atoms with Crippen molar-refractivity contribution >= 4 is 5.82 Å². The van der Waals surface area contributed by atoms with Gasteiger partial charge in [-0.1, -0.05) is 6.08 Å². The van der Waals surface area contributed by atoms with Crippen molar-refractivity contribution < 1.29 is 19.3 Å². The summed E-state index contributed by atoms with van der Waals surface area (Å²) in [7, 11) is 0. The van der Waals surface area contributed by atoms with Gasteiger partial charge < -0.3 is 20.3 Å². The minimum absolute atomic E-state index is 0.202. The Kier molecular flexibility index (Phi) is 4.17. The molecule has 2 heterocycles. The van der Waals surface area contributed by atoms with Crippen LogP contribution < -0.4 is 11.0 Å². The minimum Gasteiger partial charge on any atom is -0.388 e. The maximum absolute atomic E-state index is 13.8. The predicted octanol–water partition coefficient (Wildman–Crippen LogP) is -0.381. The first-order chi connectivity index (χ1) is 9.45. The summed E-state index contributed by atoms with van der Waals surface area (Å²) in [5.74, 6) is -0.969. The summed E-state index contributed by atoms with van der Waals surface area (Å²) >= 11 is 0. The molecule has 1 aromatic heterocycles. The predicted molar refractivity (Wildman–Crippen MR) is 68.7 cm³/mol. The third kappa shape index (κ3) is 2.58. The number of anilines is 1. The molecule has 0 bridgehead atoms. The highest BCUT2D eigenvalue weighted by Gasteiger charge is 2.42. The van der Waals surface area contributed by atoms with Crippen LogP contribution in [0, 0.1) is 5.82 Å². The first-order valence-electron chi connectivity index (χ1n) is 6.10. The van der Waals surface area contributed by atoms with Gasteiger partial charge in [-0.05, 0) is 6.92 Å². The lowest BCUT2D eigenvalue weighted by molar-refractivity contribution is -0.0355. The number of nitrogens with zero attached hydrogens (tertiary/aromatic N) is 2. The third-order valence-corrected chi connectivity index (χ3v) is 3.07. The quantitative estimate of drug-likeness (QED) is 0.653. The van der Waals surface area contributed by atoms with Crippen molar-refractivity contribution in [1.82, 2.24) is 9.55 Å². The molecule has 0 unspecified atom stereocenters. The highest BCUT2D eigenvalue weighted by Crippen LogP contribution is 2.28. The SMILES string of the molecule is C=CCNc1nc(=O)n([C@@H]2O[C@H](C)[C@@H](O)[C@H]2O)cc1F. The molecule has 8 heteroatoms. The van der Waals surface area contributed by atoms with E-state index in [9.17, 15) is 19.4 Å². The molecule has 1 aromatic rings. The first-order valence-corrected chi connectivity index (χ1v) is 6.10. The molecule has 7 nitrogen and oxygen atoms in total. The number of halogens is 1. The number of aliphatic hydroxyl groups is 2. The summed E-state index contributed by atoms with van der Waals surface area (Å²) in [6.07, 6.45) is -1.91. The molecule has 3 N–H and O–H groups in total. The number of aliphatic hydroxyl groups excluding tert-OH is 2. The third-order valence-electron chi connectivity index (χ3n) is 3.07. The molecular weight excluding hydrogens is 269 g/mol. The van der Waals surface area contributed by atoms with E-state index in [1.54, 1.807) is 6.92 Å². The van der Waals surface area contributed by atoms with Crippen LogP contribution in [-0.2, 0) is 4.74 Å². The van der Waals surface area contributed by atoms with Crippen molar-refractivity contribution in [3.63, 3.8) is 0 Å². The zero-order valence-corrected chi connectivity index (χ0v) is 10.9. The molecule has 1 aliphatic heterocycles. The molecule has 0 aromatic carbocycles. The second-order valence-electron chi connectivity index (χ2n) is 4.51. The summed E-state index contributed by atoms with van der Waals surface area (Å²) in [6.45, 7) is 5.26. The Morgan fingerprint density at radius 1 is 1.60 bits per heavy atom. The number of aromatic nitrogens is 2. The van der Waals surface area contributed by atoms with E-state index in [-0.39, 0.29) is 12.4 Å². The Bertz CT molecular complexity index is 562. The van der Waals surface area contributed by atoms with Gasteiger partial charge in [0.1, 0.15) is 12.2 Å². The lowest BCUT2D eigenvalue weighted by Crippen LogP contribution is -2.36. The number of ether oxygens (including phenoxy) is 1. The van der Waals surface area contributed by atoms with Crippen LogP contribution in [0.5, 0.6) is 0 Å². The molecule has 0 saturated carbocycles. The molecule has 1 saturated heterocycles. The number of rotatable bonds is 4. The standard InChI is InChI=1S/C12H16FN3O4/c1-3-4-14-10-7(13)5-16(12(19)15-10)11-9(18)8(17)6(2)20-11/h3,5-6,8-9,11,17-18H,1,4H2,2H3,(H,14,15,19)/t6-,8-,9-,11-/m1/s1. The Balaban J connectivity index is 2.32. The Morgan fingerprint density at radius 2 is 2.30 bits per heavy atom. The average Bonchev–Trinajstić information content (AvgIpc) is 2.67. The molecule has 0 aliphatic carbocycles. The molecule has 0 spiro atoms. The minimum atomic E-state index is -1.32. The number of hydrogen-bond acceptors (Lipinski definition) is 6. The second kappa shape index (κ2) is 5.70. The van der Waals surface area contributed by atoms with Crippen LogP contribution in [0.4, 0.5) is 10.2 Å². The Labute approximate surface area is 114 Å². The Morgan fingerprint density at radius 3 is 2.85 bits per heavy atom. The maximum atomic E-state index is 13.8. The topological polar surface area (TPSA) is 96.6 Å². The summed E-state index contributed by atoms with van der Waals surface area (Å²) in [5.41, 5.74) is -0.789. The normalized spacial score (nSPS) is 29.4. The molecule has 1 aliphatic rings. The van der Waals surface area contributed by atoms with Crippen LogP contribution in [0.3, 0.4) is 0 Å². The summed E-state index contributed by atoms with van der Waals surface area (Å²) in [6, 6.07) is 0. The molecule has 0 amide bonds. The fourth-order valence-electron chi connectivity index (χ4n) is 1.98. The highest BCUT2D eigenvalue weighted by molar-refractivity contribution is 5.34. The summed E-state index contributed by atoms with van der Waals surface area (Å²) in [4.78, 5) is 15.4. The first kappa shape index (κ1) is 14.6. The fraction of sp³-hybridized carbons (Fsp3) is 0.500. The van der Waals surface area contributed by atoms with Gasteiger partial charge in [-0.15, -0.1) is 6.58 Å². The van der Waals surface area contributed by atoms with Gasteiger partial charge in [0.15, 0.2) is 17.9 Å². The van der Waals surface area contributed by atoms with E-state index in [0.29, 0.717) is 0 Å². The van der Waals surface area contributed by atoms with Gasteiger partial charge in [-0.3, -0.25) is 4.57 Å². The maximum Gasteiger partial charge on any atom is 0.351 e. The van der Waals surface area contributed by atoms with Crippen molar-refractivity contribution in [2.75, 3.05) is 11.9 Å². The van der Waals surface area contributed by atoms with Gasteiger partial charge in [-0.2, -0.15) is 4.98 Å². The Hall–Kier alpha value is -1.77. The van der Waals surface area contributed by atoms with E-state index in [0.717, 1.165) is 10.8 Å². The van der Waals surface area contributed by atoms with Gasteiger partial charge in [-0.25, -0.2) is 9.18 Å². The van der Waals surface area contributed by atoms with Gasteiger partial charge in [0.2, 0.25) is 0 Å². The van der Waals surface area contributed by atoms with E-state index in [2.05, 4.69) is 16.9 Å². The molecular formula is C12H16FN3O4. The molecule has 110 valence electrons.